The Bertz CT molecular complexity index is 1130. The van der Waals surface area contributed by atoms with Crippen LogP contribution < -0.4 is 10.2 Å². The van der Waals surface area contributed by atoms with Crippen molar-refractivity contribution in [3.63, 3.8) is 0 Å². The first-order valence-corrected chi connectivity index (χ1v) is 10.7. The zero-order chi connectivity index (χ0) is 25.3. The molecule has 1 aromatic carbocycles. The summed E-state index contributed by atoms with van der Waals surface area (Å²) in [6.45, 7) is 4.34. The molecule has 1 N–H and O–H groups in total. The molecule has 10 heteroatoms. The zero-order valence-corrected chi connectivity index (χ0v) is 19.6. The smallest absolute Gasteiger partial charge is 0.280 e. The molecule has 1 atom stereocenters. The molecule has 0 aliphatic heterocycles. The van der Waals surface area contributed by atoms with E-state index in [2.05, 4.69) is 15.3 Å². The number of benzene rings is 1. The highest BCUT2D eigenvalue weighted by Gasteiger charge is 2.19. The molecule has 0 unspecified atom stereocenters. The van der Waals surface area contributed by atoms with Crippen molar-refractivity contribution in [1.82, 2.24) is 9.97 Å². The number of anilines is 2. The summed E-state index contributed by atoms with van der Waals surface area (Å²) in [6.07, 6.45) is 1.71. The van der Waals surface area contributed by atoms with Crippen LogP contribution in [0.4, 0.5) is 24.5 Å². The predicted molar refractivity (Wildman–Crippen MR) is 127 cm³/mol. The second-order valence-electron chi connectivity index (χ2n) is 7.19. The molecule has 0 spiro atoms. The van der Waals surface area contributed by atoms with Crippen molar-refractivity contribution in [3.05, 3.63) is 71.0 Å². The van der Waals surface area contributed by atoms with Crippen LogP contribution in [-0.2, 0) is 9.59 Å². The Hall–Kier alpha value is -3.46. The molecular weight excluding hydrogens is 469 g/mol. The standard InChI is InChI=1S/C17H19F2N3O.C7H5ClFNO/c1-4-22(3)15-8-14(17(18)19)21-9-13(15)12-6-5-7-20-16(12)11(2)10-23;8-6-2-1-5(10-4-11)3-7(6)9/h5-11,17H,4H2,1-3H3;1-4H,(H,10,11)/t11-;/m1./s1. The minimum absolute atomic E-state index is 0.0430. The van der Waals surface area contributed by atoms with Crippen molar-refractivity contribution < 1.29 is 22.8 Å². The van der Waals surface area contributed by atoms with Crippen molar-refractivity contribution in [1.29, 1.82) is 0 Å². The van der Waals surface area contributed by atoms with Gasteiger partial charge in [-0.1, -0.05) is 24.6 Å². The number of nitrogens with one attached hydrogen (secondary N) is 1. The number of carbonyl (C=O) groups excluding carboxylic acids is 2. The summed E-state index contributed by atoms with van der Waals surface area (Å²) in [5.74, 6) is -0.931. The van der Waals surface area contributed by atoms with E-state index in [1.807, 2.05) is 24.9 Å². The third-order valence-corrected chi connectivity index (χ3v) is 5.23. The van der Waals surface area contributed by atoms with Gasteiger partial charge in [-0.2, -0.15) is 0 Å². The summed E-state index contributed by atoms with van der Waals surface area (Å²) in [5, 5.41) is 2.34. The molecule has 2 heterocycles. The largest absolute Gasteiger partial charge is 0.374 e. The number of rotatable bonds is 8. The number of aromatic nitrogens is 2. The number of carbonyl (C=O) groups is 2. The van der Waals surface area contributed by atoms with Gasteiger partial charge in [-0.15, -0.1) is 0 Å². The average molecular weight is 493 g/mol. The van der Waals surface area contributed by atoms with Crippen LogP contribution in [0.1, 0.15) is 37.6 Å². The Labute approximate surface area is 200 Å². The molecule has 6 nitrogen and oxygen atoms in total. The third-order valence-electron chi connectivity index (χ3n) is 4.92. The Morgan fingerprint density at radius 2 is 1.88 bits per heavy atom. The molecule has 34 heavy (non-hydrogen) atoms. The first kappa shape index (κ1) is 26.8. The minimum atomic E-state index is -2.63. The van der Waals surface area contributed by atoms with Gasteiger partial charge in [0.25, 0.3) is 6.43 Å². The lowest BCUT2D eigenvalue weighted by Crippen LogP contribution is -2.18. The lowest BCUT2D eigenvalue weighted by atomic mass is 9.96. The molecule has 1 amide bonds. The van der Waals surface area contributed by atoms with Gasteiger partial charge in [-0.05, 0) is 37.3 Å². The summed E-state index contributed by atoms with van der Waals surface area (Å²) in [6, 6.07) is 9.02. The Balaban J connectivity index is 0.000000310. The van der Waals surface area contributed by atoms with Crippen molar-refractivity contribution in [2.75, 3.05) is 23.8 Å². The predicted octanol–water partition coefficient (Wildman–Crippen LogP) is 5.89. The fraction of sp³-hybridized carbons (Fsp3) is 0.250. The molecule has 0 fully saturated rings. The monoisotopic (exact) mass is 492 g/mol. The van der Waals surface area contributed by atoms with Gasteiger partial charge in [0.2, 0.25) is 6.41 Å². The zero-order valence-electron chi connectivity index (χ0n) is 18.8. The maximum Gasteiger partial charge on any atom is 0.280 e. The molecule has 2 aromatic heterocycles. The maximum absolute atomic E-state index is 13.0. The lowest BCUT2D eigenvalue weighted by Gasteiger charge is -2.22. The van der Waals surface area contributed by atoms with E-state index in [1.165, 1.54) is 24.4 Å². The number of aldehydes is 1. The molecule has 0 aliphatic rings. The molecular formula is C24H24ClF3N4O2. The number of alkyl halides is 2. The lowest BCUT2D eigenvalue weighted by molar-refractivity contribution is -0.109. The quantitative estimate of drug-likeness (QED) is 0.397. The van der Waals surface area contributed by atoms with Crippen molar-refractivity contribution in [2.24, 2.45) is 0 Å². The van der Waals surface area contributed by atoms with E-state index in [0.717, 1.165) is 17.9 Å². The van der Waals surface area contributed by atoms with Crippen LogP contribution in [0.5, 0.6) is 0 Å². The average Bonchev–Trinajstić information content (AvgIpc) is 2.85. The minimum Gasteiger partial charge on any atom is -0.374 e. The van der Waals surface area contributed by atoms with E-state index < -0.39 is 12.2 Å². The van der Waals surface area contributed by atoms with E-state index >= 15 is 0 Å². The number of pyridine rings is 2. The molecule has 3 rings (SSSR count). The summed E-state index contributed by atoms with van der Waals surface area (Å²) < 4.78 is 38.6. The summed E-state index contributed by atoms with van der Waals surface area (Å²) in [5.41, 5.74) is 2.80. The van der Waals surface area contributed by atoms with Crippen LogP contribution in [0.2, 0.25) is 5.02 Å². The highest BCUT2D eigenvalue weighted by molar-refractivity contribution is 6.30. The summed E-state index contributed by atoms with van der Waals surface area (Å²) in [4.78, 5) is 31.1. The highest BCUT2D eigenvalue weighted by atomic mass is 35.5. The summed E-state index contributed by atoms with van der Waals surface area (Å²) in [7, 11) is 1.83. The number of amides is 1. The van der Waals surface area contributed by atoms with Gasteiger partial charge < -0.3 is 15.0 Å². The molecule has 0 bridgehead atoms. The molecule has 180 valence electrons. The Kier molecular flexibility index (Phi) is 10.0. The van der Waals surface area contributed by atoms with Crippen LogP contribution in [0.3, 0.4) is 0 Å². The van der Waals surface area contributed by atoms with Crippen molar-refractivity contribution >= 4 is 35.7 Å². The molecule has 0 saturated carbocycles. The van der Waals surface area contributed by atoms with Crippen molar-refractivity contribution in [2.45, 2.75) is 26.2 Å². The summed E-state index contributed by atoms with van der Waals surface area (Å²) >= 11 is 5.39. The number of hydrogen-bond donors (Lipinski definition) is 1. The van der Waals surface area contributed by atoms with Crippen LogP contribution in [0.25, 0.3) is 11.1 Å². The van der Waals surface area contributed by atoms with Gasteiger partial charge in [0, 0.05) is 48.5 Å². The highest BCUT2D eigenvalue weighted by Crippen LogP contribution is 2.35. The SMILES string of the molecule is CCN(C)c1cc(C(F)F)ncc1-c1cccnc1[C@H](C)C=O.O=CNc1ccc(Cl)c(F)c1. The van der Waals surface area contributed by atoms with Crippen molar-refractivity contribution in [3.8, 4) is 11.1 Å². The van der Waals surface area contributed by atoms with Gasteiger partial charge >= 0.3 is 0 Å². The van der Waals surface area contributed by atoms with E-state index in [4.69, 9.17) is 11.6 Å². The fourth-order valence-corrected chi connectivity index (χ4v) is 3.12. The second kappa shape index (κ2) is 12.7. The Morgan fingerprint density at radius 3 is 2.47 bits per heavy atom. The van der Waals surface area contributed by atoms with Crippen LogP contribution in [0, 0.1) is 5.82 Å². The maximum atomic E-state index is 13.0. The van der Waals surface area contributed by atoms with Gasteiger partial charge in [0.15, 0.2) is 0 Å². The normalized spacial score (nSPS) is 11.3. The fourth-order valence-electron chi connectivity index (χ4n) is 3.00. The van der Waals surface area contributed by atoms with Gasteiger partial charge in [0.05, 0.1) is 16.6 Å². The van der Waals surface area contributed by atoms with Gasteiger partial charge in [-0.3, -0.25) is 14.8 Å². The number of nitrogens with zero attached hydrogens (tertiary/aromatic N) is 3. The first-order valence-electron chi connectivity index (χ1n) is 10.3. The van der Waals surface area contributed by atoms with Crippen LogP contribution in [0.15, 0.2) is 48.8 Å². The Morgan fingerprint density at radius 1 is 1.15 bits per heavy atom. The number of hydrogen-bond acceptors (Lipinski definition) is 5. The van der Waals surface area contributed by atoms with Crippen LogP contribution in [-0.4, -0.2) is 36.3 Å². The van der Waals surface area contributed by atoms with E-state index in [1.54, 1.807) is 19.2 Å². The second-order valence-corrected chi connectivity index (χ2v) is 7.60. The molecule has 0 saturated heterocycles. The van der Waals surface area contributed by atoms with Gasteiger partial charge in [0.1, 0.15) is 17.8 Å². The van der Waals surface area contributed by atoms with E-state index in [9.17, 15) is 22.8 Å². The van der Waals surface area contributed by atoms with Crippen LogP contribution >= 0.6 is 11.6 Å². The first-order chi connectivity index (χ1) is 16.2. The molecule has 0 radical (unpaired) electrons. The topological polar surface area (TPSA) is 75.2 Å². The van der Waals surface area contributed by atoms with E-state index in [-0.39, 0.29) is 16.6 Å². The van der Waals surface area contributed by atoms with E-state index in [0.29, 0.717) is 35.6 Å². The molecule has 0 aliphatic carbocycles. The third kappa shape index (κ3) is 6.77. The number of halogens is 4. The molecule has 3 aromatic rings. The van der Waals surface area contributed by atoms with Gasteiger partial charge in [-0.25, -0.2) is 13.2 Å².